The lowest BCUT2D eigenvalue weighted by molar-refractivity contribution is 0.0896. The smallest absolute Gasteiger partial charge is 0.271 e. The van der Waals surface area contributed by atoms with Crippen LogP contribution in [0.1, 0.15) is 22.3 Å². The first kappa shape index (κ1) is 25.8. The number of rotatable bonds is 6. The highest BCUT2D eigenvalue weighted by Crippen LogP contribution is 2.58. The van der Waals surface area contributed by atoms with Gasteiger partial charge in [-0.05, 0) is 70.3 Å². The van der Waals surface area contributed by atoms with Crippen LogP contribution in [0.15, 0.2) is 93.9 Å². The number of halogens is 2. The highest BCUT2D eigenvalue weighted by atomic mass is 79.9. The molecule has 4 aromatic rings. The van der Waals surface area contributed by atoms with Gasteiger partial charge in [0, 0.05) is 14.5 Å². The molecule has 1 aliphatic rings. The Bertz CT molecular complexity index is 1400. The molecule has 12 N–H and O–H groups in total. The van der Waals surface area contributed by atoms with Crippen molar-refractivity contribution in [2.45, 2.75) is 17.4 Å². The van der Waals surface area contributed by atoms with Crippen LogP contribution in [0.25, 0.3) is 11.1 Å². The zero-order valence-electron chi connectivity index (χ0n) is 19.6. The third-order valence-electron chi connectivity index (χ3n) is 6.24. The van der Waals surface area contributed by atoms with Crippen LogP contribution in [-0.2, 0) is 5.41 Å². The molecule has 37 heavy (non-hydrogen) atoms. The largest absolute Gasteiger partial charge is 0.447 e. The number of hydrogen-bond donors (Lipinski definition) is 6. The van der Waals surface area contributed by atoms with Crippen LogP contribution < -0.4 is 43.9 Å². The number of nitrogens with two attached hydrogens (primary N) is 6. The van der Waals surface area contributed by atoms with Gasteiger partial charge in [-0.1, -0.05) is 74.3 Å². The second-order valence-corrected chi connectivity index (χ2v) is 10.8. The van der Waals surface area contributed by atoms with Crippen LogP contribution in [0, 0.1) is 0 Å². The fourth-order valence-electron chi connectivity index (χ4n) is 5.04. The van der Waals surface area contributed by atoms with Gasteiger partial charge in [0.25, 0.3) is 11.9 Å². The summed E-state index contributed by atoms with van der Waals surface area (Å²) in [5.41, 5.74) is 39.6. The van der Waals surface area contributed by atoms with E-state index in [-0.39, 0.29) is 0 Å². The first-order chi connectivity index (χ1) is 17.4. The van der Waals surface area contributed by atoms with E-state index in [1.165, 1.54) is 0 Å². The lowest BCUT2D eigenvalue weighted by Gasteiger charge is -2.34. The Morgan fingerprint density at radius 3 is 1.59 bits per heavy atom. The summed E-state index contributed by atoms with van der Waals surface area (Å²) in [6, 6.07) is 27.7. The van der Waals surface area contributed by atoms with E-state index in [0.29, 0.717) is 11.5 Å². The molecule has 10 heteroatoms. The molecule has 0 bridgehead atoms. The molecule has 0 fully saturated rings. The van der Waals surface area contributed by atoms with Crippen molar-refractivity contribution in [3.05, 3.63) is 116 Å². The fraction of sp³-hybridized carbons (Fsp3) is 0.111. The molecule has 190 valence electrons. The number of hydrogen-bond acceptors (Lipinski definition) is 8. The van der Waals surface area contributed by atoms with Crippen LogP contribution in [0.4, 0.5) is 0 Å². The first-order valence-corrected chi connectivity index (χ1v) is 12.9. The number of benzene rings is 4. The van der Waals surface area contributed by atoms with Gasteiger partial charge in [0.15, 0.2) is 0 Å². The van der Waals surface area contributed by atoms with E-state index in [9.17, 15) is 0 Å². The molecular formula is C27H26Br2N6O2. The summed E-state index contributed by atoms with van der Waals surface area (Å²) in [6.07, 6.45) is 0. The maximum absolute atomic E-state index is 5.65. The molecule has 1 aliphatic carbocycles. The Hall–Kier alpha value is -2.80. The third kappa shape index (κ3) is 4.78. The Morgan fingerprint density at radius 1 is 0.595 bits per heavy atom. The minimum atomic E-state index is -1.79. The molecule has 0 radical (unpaired) electrons. The Labute approximate surface area is 231 Å². The van der Waals surface area contributed by atoms with Crippen molar-refractivity contribution in [1.29, 1.82) is 0 Å². The highest BCUT2D eigenvalue weighted by molar-refractivity contribution is 9.10. The van der Waals surface area contributed by atoms with Crippen molar-refractivity contribution >= 4 is 31.9 Å². The summed E-state index contributed by atoms with van der Waals surface area (Å²) in [6.45, 7) is 0. The van der Waals surface area contributed by atoms with E-state index in [4.69, 9.17) is 43.9 Å². The van der Waals surface area contributed by atoms with Gasteiger partial charge in [-0.3, -0.25) is 34.4 Å². The topological polar surface area (TPSA) is 175 Å². The molecule has 4 aromatic carbocycles. The van der Waals surface area contributed by atoms with Gasteiger partial charge in [0.2, 0.25) is 0 Å². The van der Waals surface area contributed by atoms with E-state index in [2.05, 4.69) is 50.1 Å². The summed E-state index contributed by atoms with van der Waals surface area (Å²) < 4.78 is 12.9. The molecule has 0 heterocycles. The lowest BCUT2D eigenvalue weighted by atomic mass is 9.67. The highest BCUT2D eigenvalue weighted by Gasteiger charge is 2.47. The van der Waals surface area contributed by atoms with Gasteiger partial charge in [-0.25, -0.2) is 0 Å². The van der Waals surface area contributed by atoms with Gasteiger partial charge in [0.05, 0.1) is 5.41 Å². The van der Waals surface area contributed by atoms with Crippen LogP contribution in [0.5, 0.6) is 11.5 Å². The van der Waals surface area contributed by atoms with Crippen LogP contribution >= 0.6 is 31.9 Å². The molecular weight excluding hydrogens is 600 g/mol. The zero-order chi connectivity index (χ0) is 26.6. The van der Waals surface area contributed by atoms with Gasteiger partial charge < -0.3 is 9.47 Å². The van der Waals surface area contributed by atoms with Gasteiger partial charge in [-0.15, -0.1) is 0 Å². The zero-order valence-corrected chi connectivity index (χ0v) is 22.8. The number of ether oxygens (including phenoxy) is 2. The molecule has 0 saturated heterocycles. The average Bonchev–Trinajstić information content (AvgIpc) is 3.09. The average molecular weight is 626 g/mol. The minimum Gasteiger partial charge on any atom is -0.447 e. The van der Waals surface area contributed by atoms with Crippen LogP contribution in [0.2, 0.25) is 0 Å². The lowest BCUT2D eigenvalue weighted by Crippen LogP contribution is -2.62. The molecule has 0 unspecified atom stereocenters. The molecule has 0 atom stereocenters. The van der Waals surface area contributed by atoms with Crippen molar-refractivity contribution in [2.75, 3.05) is 0 Å². The normalized spacial score (nSPS) is 14.2. The Kier molecular flexibility index (Phi) is 6.42. The molecule has 0 aliphatic heterocycles. The molecule has 0 aromatic heterocycles. The summed E-state index contributed by atoms with van der Waals surface area (Å²) in [4.78, 5) is 0. The van der Waals surface area contributed by atoms with Gasteiger partial charge in [-0.2, -0.15) is 0 Å². The molecule has 5 rings (SSSR count). The van der Waals surface area contributed by atoms with Crippen LogP contribution in [0.3, 0.4) is 0 Å². The maximum atomic E-state index is 5.65. The van der Waals surface area contributed by atoms with Crippen molar-refractivity contribution in [3.8, 4) is 22.6 Å². The Balaban J connectivity index is 1.78. The first-order valence-electron chi connectivity index (χ1n) is 11.3. The molecule has 8 nitrogen and oxygen atoms in total. The van der Waals surface area contributed by atoms with Crippen molar-refractivity contribution in [3.63, 3.8) is 0 Å². The molecule has 0 amide bonds. The second kappa shape index (κ2) is 9.19. The second-order valence-electron chi connectivity index (χ2n) is 9.06. The van der Waals surface area contributed by atoms with Crippen molar-refractivity contribution < 1.29 is 9.47 Å². The predicted molar refractivity (Wildman–Crippen MR) is 151 cm³/mol. The van der Waals surface area contributed by atoms with Crippen LogP contribution in [-0.4, -0.2) is 11.9 Å². The van der Waals surface area contributed by atoms with Gasteiger partial charge in [0.1, 0.15) is 11.5 Å². The minimum absolute atomic E-state index is 0.447. The van der Waals surface area contributed by atoms with E-state index in [1.54, 1.807) is 24.3 Å². The van der Waals surface area contributed by atoms with Gasteiger partial charge >= 0.3 is 0 Å². The molecule has 0 saturated carbocycles. The summed E-state index contributed by atoms with van der Waals surface area (Å²) in [5, 5.41) is 0. The van der Waals surface area contributed by atoms with E-state index < -0.39 is 17.4 Å². The Morgan fingerprint density at radius 2 is 1.11 bits per heavy atom. The summed E-state index contributed by atoms with van der Waals surface area (Å²) in [5.74, 6) is -2.69. The van der Waals surface area contributed by atoms with E-state index >= 15 is 0 Å². The van der Waals surface area contributed by atoms with E-state index in [1.807, 2.05) is 42.5 Å². The maximum Gasteiger partial charge on any atom is 0.271 e. The van der Waals surface area contributed by atoms with Crippen molar-refractivity contribution in [1.82, 2.24) is 0 Å². The fourth-order valence-corrected chi connectivity index (χ4v) is 5.98. The predicted octanol–water partition coefficient (Wildman–Crippen LogP) is 3.31. The summed E-state index contributed by atoms with van der Waals surface area (Å²) in [7, 11) is 0. The monoisotopic (exact) mass is 624 g/mol. The van der Waals surface area contributed by atoms with Crippen molar-refractivity contribution in [2.24, 2.45) is 34.4 Å². The standard InChI is InChI=1S/C27H26Br2N6O2/c28-17-8-13-20-22(14-17)25(21-2-1-3-23(29)24(20)21,15-4-9-18(10-5-15)36-26(30,31)32)16-6-11-19(12-7-16)37-27(33,34)35/h1-14H,30-35H2. The SMILES string of the molecule is NC(N)(N)Oc1ccc(C2(c3ccc(OC(N)(N)N)cc3)c3cc(Br)ccc3-c3c(Br)cccc32)cc1. The quantitative estimate of drug-likeness (QED) is 0.156. The third-order valence-corrected chi connectivity index (χ3v) is 7.39. The molecule has 0 spiro atoms. The number of fused-ring (bicyclic) bond motifs is 3. The summed E-state index contributed by atoms with van der Waals surface area (Å²) >= 11 is 7.47. The van der Waals surface area contributed by atoms with E-state index in [0.717, 1.165) is 42.3 Å².